The standard InChI is InChI=1S/C11H12O2/c12-11(13)10-7-2-1-6-9(10)8-4-3-5-8/h1-2,6-8H,3-5H2,(H,12,13)/p-1. The molecule has 0 unspecified atom stereocenters. The fourth-order valence-corrected chi connectivity index (χ4v) is 1.76. The molecule has 0 aliphatic heterocycles. The molecule has 1 aromatic rings. The van der Waals surface area contributed by atoms with E-state index in [9.17, 15) is 9.90 Å². The van der Waals surface area contributed by atoms with Crippen molar-refractivity contribution in [3.8, 4) is 0 Å². The van der Waals surface area contributed by atoms with Gasteiger partial charge in [0.2, 0.25) is 0 Å². The topological polar surface area (TPSA) is 40.1 Å². The Kier molecular flexibility index (Phi) is 2.05. The van der Waals surface area contributed by atoms with Crippen molar-refractivity contribution in [1.29, 1.82) is 0 Å². The third-order valence-corrected chi connectivity index (χ3v) is 2.73. The van der Waals surface area contributed by atoms with Crippen LogP contribution in [0.5, 0.6) is 0 Å². The molecule has 0 N–H and O–H groups in total. The number of carbonyl (C=O) groups excluding carboxylic acids is 1. The molecule has 1 saturated carbocycles. The largest absolute Gasteiger partial charge is 0.545 e. The minimum Gasteiger partial charge on any atom is -0.545 e. The maximum Gasteiger partial charge on any atom is 0.0718 e. The number of carbonyl (C=O) groups is 1. The molecule has 0 spiro atoms. The first-order chi connectivity index (χ1) is 6.29. The van der Waals surface area contributed by atoms with Gasteiger partial charge in [-0.05, 0) is 24.3 Å². The third-order valence-electron chi connectivity index (χ3n) is 2.73. The molecule has 1 aromatic carbocycles. The zero-order chi connectivity index (χ0) is 9.26. The number of benzene rings is 1. The predicted octanol–water partition coefficient (Wildman–Crippen LogP) is 1.32. The van der Waals surface area contributed by atoms with E-state index in [2.05, 4.69) is 0 Å². The SMILES string of the molecule is O=C([O-])c1ccccc1C1CCC1. The summed E-state index contributed by atoms with van der Waals surface area (Å²) in [5.41, 5.74) is 1.32. The van der Waals surface area contributed by atoms with Crippen molar-refractivity contribution in [3.63, 3.8) is 0 Å². The maximum atomic E-state index is 10.8. The lowest BCUT2D eigenvalue weighted by Crippen LogP contribution is -2.25. The quantitative estimate of drug-likeness (QED) is 0.680. The van der Waals surface area contributed by atoms with Gasteiger partial charge in [-0.1, -0.05) is 30.7 Å². The van der Waals surface area contributed by atoms with Crippen LogP contribution in [0, 0.1) is 0 Å². The van der Waals surface area contributed by atoms with Crippen LogP contribution in [0.15, 0.2) is 24.3 Å². The molecule has 0 saturated heterocycles. The lowest BCUT2D eigenvalue weighted by atomic mass is 9.78. The first kappa shape index (κ1) is 8.30. The van der Waals surface area contributed by atoms with E-state index in [-0.39, 0.29) is 0 Å². The van der Waals surface area contributed by atoms with Crippen LogP contribution in [-0.4, -0.2) is 5.97 Å². The Morgan fingerprint density at radius 2 is 2.00 bits per heavy atom. The third kappa shape index (κ3) is 1.44. The van der Waals surface area contributed by atoms with Gasteiger partial charge in [0.25, 0.3) is 0 Å². The molecule has 1 fully saturated rings. The monoisotopic (exact) mass is 175 g/mol. The van der Waals surface area contributed by atoms with Crippen LogP contribution in [0.3, 0.4) is 0 Å². The summed E-state index contributed by atoms with van der Waals surface area (Å²) in [5.74, 6) is -0.600. The van der Waals surface area contributed by atoms with Gasteiger partial charge in [-0.15, -0.1) is 0 Å². The van der Waals surface area contributed by atoms with Crippen LogP contribution in [0.1, 0.15) is 41.1 Å². The van der Waals surface area contributed by atoms with Crippen molar-refractivity contribution in [2.24, 2.45) is 0 Å². The average Bonchev–Trinajstić information content (AvgIpc) is 2.02. The van der Waals surface area contributed by atoms with Crippen molar-refractivity contribution in [2.45, 2.75) is 25.2 Å². The first-order valence-corrected chi connectivity index (χ1v) is 4.59. The summed E-state index contributed by atoms with van der Waals surface area (Å²) in [4.78, 5) is 10.8. The van der Waals surface area contributed by atoms with E-state index in [0.717, 1.165) is 18.4 Å². The van der Waals surface area contributed by atoms with E-state index in [1.165, 1.54) is 6.42 Å². The lowest BCUT2D eigenvalue weighted by Gasteiger charge is -2.28. The molecule has 0 aromatic heterocycles. The number of aromatic carboxylic acids is 1. The molecule has 2 heteroatoms. The van der Waals surface area contributed by atoms with E-state index in [1.807, 2.05) is 12.1 Å². The summed E-state index contributed by atoms with van der Waals surface area (Å²) < 4.78 is 0. The zero-order valence-electron chi connectivity index (χ0n) is 7.32. The molecule has 2 rings (SSSR count). The Morgan fingerprint density at radius 3 is 2.54 bits per heavy atom. The Hall–Kier alpha value is -1.31. The first-order valence-electron chi connectivity index (χ1n) is 4.59. The summed E-state index contributed by atoms with van der Waals surface area (Å²) in [6.45, 7) is 0. The lowest BCUT2D eigenvalue weighted by molar-refractivity contribution is -0.255. The molecule has 0 bridgehead atoms. The Labute approximate surface area is 77.2 Å². The number of carboxylic acids is 1. The number of hydrogen-bond donors (Lipinski definition) is 0. The fraction of sp³-hybridized carbons (Fsp3) is 0.364. The highest BCUT2D eigenvalue weighted by Gasteiger charge is 2.21. The molecule has 0 atom stereocenters. The van der Waals surface area contributed by atoms with Gasteiger partial charge in [0.05, 0.1) is 5.97 Å². The minimum atomic E-state index is -1.05. The number of carboxylic acid groups (broad SMARTS) is 1. The normalized spacial score (nSPS) is 16.6. The molecule has 1 aliphatic rings. The number of rotatable bonds is 2. The maximum absolute atomic E-state index is 10.8. The van der Waals surface area contributed by atoms with Gasteiger partial charge in [0, 0.05) is 5.56 Å². The van der Waals surface area contributed by atoms with E-state index in [4.69, 9.17) is 0 Å². The number of hydrogen-bond acceptors (Lipinski definition) is 2. The fourth-order valence-electron chi connectivity index (χ4n) is 1.76. The minimum absolute atomic E-state index is 0.368. The molecule has 2 nitrogen and oxygen atoms in total. The molecule has 0 radical (unpaired) electrons. The van der Waals surface area contributed by atoms with Gasteiger partial charge in [-0.25, -0.2) is 0 Å². The second-order valence-corrected chi connectivity index (χ2v) is 3.50. The molecular formula is C11H11O2-. The van der Waals surface area contributed by atoms with Gasteiger partial charge < -0.3 is 9.90 Å². The van der Waals surface area contributed by atoms with Crippen LogP contribution < -0.4 is 5.11 Å². The van der Waals surface area contributed by atoms with E-state index < -0.39 is 5.97 Å². The molecule has 68 valence electrons. The molecule has 13 heavy (non-hydrogen) atoms. The van der Waals surface area contributed by atoms with Crippen LogP contribution in [-0.2, 0) is 0 Å². The van der Waals surface area contributed by atoms with Crippen LogP contribution in [0.25, 0.3) is 0 Å². The highest BCUT2D eigenvalue weighted by molar-refractivity contribution is 5.87. The smallest absolute Gasteiger partial charge is 0.0718 e. The van der Waals surface area contributed by atoms with Gasteiger partial charge in [0.1, 0.15) is 0 Å². The summed E-state index contributed by atoms with van der Waals surface area (Å²) in [5, 5.41) is 10.8. The predicted molar refractivity (Wildman–Crippen MR) is 47.4 cm³/mol. The molecular weight excluding hydrogens is 164 g/mol. The molecule has 0 heterocycles. The van der Waals surface area contributed by atoms with Gasteiger partial charge >= 0.3 is 0 Å². The molecule has 0 amide bonds. The molecule has 1 aliphatic carbocycles. The Morgan fingerprint density at radius 1 is 1.31 bits per heavy atom. The van der Waals surface area contributed by atoms with Gasteiger partial charge in [-0.2, -0.15) is 0 Å². The summed E-state index contributed by atoms with van der Waals surface area (Å²) in [7, 11) is 0. The highest BCUT2D eigenvalue weighted by Crippen LogP contribution is 2.37. The van der Waals surface area contributed by atoms with Gasteiger partial charge in [0.15, 0.2) is 0 Å². The average molecular weight is 175 g/mol. The summed E-state index contributed by atoms with van der Waals surface area (Å²) in [6, 6.07) is 7.16. The van der Waals surface area contributed by atoms with Crippen molar-refractivity contribution in [2.75, 3.05) is 0 Å². The van der Waals surface area contributed by atoms with Gasteiger partial charge in [-0.3, -0.25) is 0 Å². The van der Waals surface area contributed by atoms with E-state index >= 15 is 0 Å². The van der Waals surface area contributed by atoms with Crippen LogP contribution in [0.4, 0.5) is 0 Å². The summed E-state index contributed by atoms with van der Waals surface area (Å²) in [6.07, 6.45) is 3.45. The summed E-state index contributed by atoms with van der Waals surface area (Å²) >= 11 is 0. The van der Waals surface area contributed by atoms with Crippen molar-refractivity contribution in [3.05, 3.63) is 35.4 Å². The van der Waals surface area contributed by atoms with Crippen LogP contribution >= 0.6 is 0 Å². The van der Waals surface area contributed by atoms with Crippen molar-refractivity contribution in [1.82, 2.24) is 0 Å². The van der Waals surface area contributed by atoms with E-state index in [0.29, 0.717) is 11.5 Å². The van der Waals surface area contributed by atoms with E-state index in [1.54, 1.807) is 12.1 Å². The van der Waals surface area contributed by atoms with Crippen molar-refractivity contribution >= 4 is 5.97 Å². The highest BCUT2D eigenvalue weighted by atomic mass is 16.4. The Bertz CT molecular complexity index is 327. The second kappa shape index (κ2) is 3.21. The van der Waals surface area contributed by atoms with Crippen molar-refractivity contribution < 1.29 is 9.90 Å². The zero-order valence-corrected chi connectivity index (χ0v) is 7.32. The Balaban J connectivity index is 2.36. The van der Waals surface area contributed by atoms with Crippen LogP contribution in [0.2, 0.25) is 0 Å². The second-order valence-electron chi connectivity index (χ2n) is 3.50.